The molecule has 0 saturated carbocycles. The topological polar surface area (TPSA) is 24.9 Å². The molecule has 0 fully saturated rings. The van der Waals surface area contributed by atoms with Gasteiger partial charge in [-0.1, -0.05) is 44.2 Å². The summed E-state index contributed by atoms with van der Waals surface area (Å²) in [6.07, 6.45) is 1.03. The van der Waals surface area contributed by atoms with E-state index in [2.05, 4.69) is 48.8 Å². The fourth-order valence-electron chi connectivity index (χ4n) is 2.10. The summed E-state index contributed by atoms with van der Waals surface area (Å²) in [5.41, 5.74) is 2.31. The highest BCUT2D eigenvalue weighted by Gasteiger charge is 2.11. The van der Waals surface area contributed by atoms with Crippen molar-refractivity contribution < 1.29 is 0 Å². The van der Waals surface area contributed by atoms with Gasteiger partial charge in [0.2, 0.25) is 0 Å². The number of thioether (sulfide) groups is 1. The van der Waals surface area contributed by atoms with Gasteiger partial charge < -0.3 is 5.32 Å². The van der Waals surface area contributed by atoms with Gasteiger partial charge >= 0.3 is 0 Å². The fraction of sp³-hybridized carbons (Fsp3) is 0.438. The minimum atomic E-state index is 0.528. The van der Waals surface area contributed by atoms with Gasteiger partial charge in [0.1, 0.15) is 0 Å². The molecule has 2 nitrogen and oxygen atoms in total. The standard InChI is InChI=1S/C16H22N2S2/c1-3-17-14(11-19-4-2)10-16-18-15(12-20-16)13-8-6-5-7-9-13/h5-9,12,14,17H,3-4,10-11H2,1-2H3. The van der Waals surface area contributed by atoms with E-state index in [1.165, 1.54) is 16.3 Å². The van der Waals surface area contributed by atoms with Gasteiger partial charge in [-0.15, -0.1) is 11.3 Å². The van der Waals surface area contributed by atoms with E-state index in [0.717, 1.165) is 24.4 Å². The summed E-state index contributed by atoms with van der Waals surface area (Å²) in [6, 6.07) is 10.9. The zero-order valence-electron chi connectivity index (χ0n) is 12.1. The second kappa shape index (κ2) is 8.45. The Balaban J connectivity index is 2.00. The molecule has 0 bridgehead atoms. The predicted octanol–water partition coefficient (Wildman–Crippen LogP) is 4.08. The Morgan fingerprint density at radius 2 is 2.05 bits per heavy atom. The van der Waals surface area contributed by atoms with Crippen molar-refractivity contribution in [2.24, 2.45) is 0 Å². The average Bonchev–Trinajstić information content (AvgIpc) is 2.94. The number of nitrogens with zero attached hydrogens (tertiary/aromatic N) is 1. The van der Waals surface area contributed by atoms with Crippen LogP contribution in [0.2, 0.25) is 0 Å². The lowest BCUT2D eigenvalue weighted by molar-refractivity contribution is 0.571. The number of likely N-dealkylation sites (N-methyl/N-ethyl adjacent to an activating group) is 1. The normalized spacial score (nSPS) is 12.5. The molecule has 1 aromatic carbocycles. The van der Waals surface area contributed by atoms with Crippen molar-refractivity contribution in [2.75, 3.05) is 18.1 Å². The first-order chi connectivity index (χ1) is 9.83. The Bertz CT molecular complexity index is 496. The molecule has 4 heteroatoms. The zero-order valence-corrected chi connectivity index (χ0v) is 13.8. The molecule has 0 radical (unpaired) electrons. The molecular formula is C16H22N2S2. The predicted molar refractivity (Wildman–Crippen MR) is 91.7 cm³/mol. The van der Waals surface area contributed by atoms with Crippen molar-refractivity contribution in [1.82, 2.24) is 10.3 Å². The SMILES string of the molecule is CCNC(CSCC)Cc1nc(-c2ccccc2)cs1. The molecular weight excluding hydrogens is 284 g/mol. The van der Waals surface area contributed by atoms with Gasteiger partial charge in [-0.05, 0) is 12.3 Å². The van der Waals surface area contributed by atoms with Crippen LogP contribution >= 0.6 is 23.1 Å². The van der Waals surface area contributed by atoms with Crippen molar-refractivity contribution in [3.63, 3.8) is 0 Å². The van der Waals surface area contributed by atoms with E-state index in [1.807, 2.05) is 17.8 Å². The van der Waals surface area contributed by atoms with E-state index < -0.39 is 0 Å². The molecule has 2 rings (SSSR count). The number of aromatic nitrogens is 1. The minimum Gasteiger partial charge on any atom is -0.313 e. The Morgan fingerprint density at radius 3 is 2.75 bits per heavy atom. The lowest BCUT2D eigenvalue weighted by atomic mass is 10.2. The first-order valence-corrected chi connectivity index (χ1v) is 9.17. The maximum absolute atomic E-state index is 4.78. The second-order valence-electron chi connectivity index (χ2n) is 4.61. The molecule has 0 aliphatic heterocycles. The third-order valence-electron chi connectivity index (χ3n) is 3.06. The van der Waals surface area contributed by atoms with Crippen LogP contribution in [0.4, 0.5) is 0 Å². The molecule has 1 atom stereocenters. The molecule has 20 heavy (non-hydrogen) atoms. The van der Waals surface area contributed by atoms with Crippen molar-refractivity contribution in [3.05, 3.63) is 40.7 Å². The molecule has 0 aliphatic rings. The van der Waals surface area contributed by atoms with Gasteiger partial charge in [-0.25, -0.2) is 4.98 Å². The van der Waals surface area contributed by atoms with E-state index >= 15 is 0 Å². The molecule has 1 heterocycles. The van der Waals surface area contributed by atoms with Crippen LogP contribution in [0.3, 0.4) is 0 Å². The maximum Gasteiger partial charge on any atom is 0.0948 e. The second-order valence-corrected chi connectivity index (χ2v) is 6.87. The van der Waals surface area contributed by atoms with E-state index in [1.54, 1.807) is 11.3 Å². The first kappa shape index (κ1) is 15.5. The van der Waals surface area contributed by atoms with Crippen LogP contribution in [0.25, 0.3) is 11.3 Å². The molecule has 0 aliphatic carbocycles. The third-order valence-corrected chi connectivity index (χ3v) is 4.98. The number of nitrogens with one attached hydrogen (secondary N) is 1. The quantitative estimate of drug-likeness (QED) is 0.795. The van der Waals surface area contributed by atoms with Crippen molar-refractivity contribution in [3.8, 4) is 11.3 Å². The van der Waals surface area contributed by atoms with Crippen molar-refractivity contribution >= 4 is 23.1 Å². The van der Waals surface area contributed by atoms with Crippen LogP contribution in [-0.2, 0) is 6.42 Å². The highest BCUT2D eigenvalue weighted by Crippen LogP contribution is 2.22. The monoisotopic (exact) mass is 306 g/mol. The molecule has 2 aromatic rings. The number of rotatable bonds is 8. The highest BCUT2D eigenvalue weighted by atomic mass is 32.2. The lowest BCUT2D eigenvalue weighted by Gasteiger charge is -2.15. The van der Waals surface area contributed by atoms with Gasteiger partial charge in [0.15, 0.2) is 0 Å². The van der Waals surface area contributed by atoms with Crippen LogP contribution in [0.5, 0.6) is 0 Å². The Kier molecular flexibility index (Phi) is 6.57. The van der Waals surface area contributed by atoms with E-state index in [-0.39, 0.29) is 0 Å². The number of hydrogen-bond donors (Lipinski definition) is 1. The van der Waals surface area contributed by atoms with Crippen molar-refractivity contribution in [1.29, 1.82) is 0 Å². The summed E-state index contributed by atoms with van der Waals surface area (Å²) < 4.78 is 0. The minimum absolute atomic E-state index is 0.528. The molecule has 108 valence electrons. The Hall–Kier alpha value is -0.840. The lowest BCUT2D eigenvalue weighted by Crippen LogP contribution is -2.33. The molecule has 1 N–H and O–H groups in total. The van der Waals surface area contributed by atoms with E-state index in [4.69, 9.17) is 4.98 Å². The summed E-state index contributed by atoms with van der Waals surface area (Å²) in [5, 5.41) is 6.96. The zero-order chi connectivity index (χ0) is 14.2. The summed E-state index contributed by atoms with van der Waals surface area (Å²) in [5.74, 6) is 2.33. The van der Waals surface area contributed by atoms with Crippen LogP contribution in [0.15, 0.2) is 35.7 Å². The fourth-order valence-corrected chi connectivity index (χ4v) is 3.74. The summed E-state index contributed by atoms with van der Waals surface area (Å²) in [7, 11) is 0. The smallest absolute Gasteiger partial charge is 0.0948 e. The number of benzene rings is 1. The van der Waals surface area contributed by atoms with Crippen LogP contribution in [0.1, 0.15) is 18.9 Å². The van der Waals surface area contributed by atoms with Gasteiger partial charge in [-0.2, -0.15) is 11.8 Å². The third kappa shape index (κ3) is 4.62. The summed E-state index contributed by atoms with van der Waals surface area (Å²) in [6.45, 7) is 5.40. The van der Waals surface area contributed by atoms with Gasteiger partial charge in [0.05, 0.1) is 10.7 Å². The van der Waals surface area contributed by atoms with Gasteiger partial charge in [-0.3, -0.25) is 0 Å². The van der Waals surface area contributed by atoms with Crippen LogP contribution in [0, 0.1) is 0 Å². The molecule has 1 aromatic heterocycles. The van der Waals surface area contributed by atoms with E-state index in [0.29, 0.717) is 6.04 Å². The Labute approximate surface area is 130 Å². The molecule has 0 amide bonds. The van der Waals surface area contributed by atoms with Gasteiger partial charge in [0, 0.05) is 29.2 Å². The maximum atomic E-state index is 4.78. The number of thiazole rings is 1. The summed E-state index contributed by atoms with van der Waals surface area (Å²) in [4.78, 5) is 4.78. The first-order valence-electron chi connectivity index (χ1n) is 7.14. The van der Waals surface area contributed by atoms with Gasteiger partial charge in [0.25, 0.3) is 0 Å². The largest absolute Gasteiger partial charge is 0.313 e. The van der Waals surface area contributed by atoms with E-state index in [9.17, 15) is 0 Å². The molecule has 1 unspecified atom stereocenters. The van der Waals surface area contributed by atoms with Crippen molar-refractivity contribution in [2.45, 2.75) is 26.3 Å². The number of hydrogen-bond acceptors (Lipinski definition) is 4. The average molecular weight is 306 g/mol. The summed E-state index contributed by atoms with van der Waals surface area (Å²) >= 11 is 3.76. The molecule has 0 spiro atoms. The highest BCUT2D eigenvalue weighted by molar-refractivity contribution is 7.99. The Morgan fingerprint density at radius 1 is 1.25 bits per heavy atom. The molecule has 0 saturated heterocycles. The van der Waals surface area contributed by atoms with Crippen LogP contribution in [-0.4, -0.2) is 29.1 Å². The van der Waals surface area contributed by atoms with Crippen LogP contribution < -0.4 is 5.32 Å².